The van der Waals surface area contributed by atoms with Gasteiger partial charge in [0.2, 0.25) is 0 Å². The highest BCUT2D eigenvalue weighted by atomic mass is 127. The fraction of sp³-hybridized carbons (Fsp3) is 0.632. The maximum atomic E-state index is 6.13. The number of aliphatic imine (C=N–C) groups is 1. The first-order valence-corrected chi connectivity index (χ1v) is 10.5. The molecule has 0 unspecified atom stereocenters. The minimum Gasteiger partial charge on any atom is -0.370 e. The van der Waals surface area contributed by atoms with E-state index >= 15 is 0 Å². The first-order chi connectivity index (χ1) is 12.2. The van der Waals surface area contributed by atoms with E-state index in [4.69, 9.17) is 5.73 Å². The van der Waals surface area contributed by atoms with Gasteiger partial charge in [0.15, 0.2) is 5.96 Å². The van der Waals surface area contributed by atoms with E-state index in [2.05, 4.69) is 50.9 Å². The summed E-state index contributed by atoms with van der Waals surface area (Å²) in [5.74, 6) is 2.99. The Labute approximate surface area is 179 Å². The van der Waals surface area contributed by atoms with Gasteiger partial charge >= 0.3 is 0 Å². The highest BCUT2D eigenvalue weighted by Gasteiger charge is 2.15. The van der Waals surface area contributed by atoms with Crippen molar-refractivity contribution >= 4 is 41.7 Å². The normalized spacial score (nSPS) is 20.0. The summed E-state index contributed by atoms with van der Waals surface area (Å²) in [7, 11) is 0. The molecular formula is C19H32IN5S. The molecule has 0 saturated carbocycles. The molecule has 2 fully saturated rings. The first kappa shape index (κ1) is 21.8. The van der Waals surface area contributed by atoms with Crippen LogP contribution in [0, 0.1) is 0 Å². The maximum Gasteiger partial charge on any atom is 0.191 e. The van der Waals surface area contributed by atoms with Gasteiger partial charge in [0.1, 0.15) is 0 Å². The van der Waals surface area contributed by atoms with Crippen LogP contribution < -0.4 is 5.73 Å². The molecule has 2 aliphatic rings. The second-order valence-corrected chi connectivity index (χ2v) is 8.03. The van der Waals surface area contributed by atoms with E-state index in [1.807, 2.05) is 11.8 Å². The summed E-state index contributed by atoms with van der Waals surface area (Å²) in [6.45, 7) is 11.9. The summed E-state index contributed by atoms with van der Waals surface area (Å²) in [4.78, 5) is 11.8. The summed E-state index contributed by atoms with van der Waals surface area (Å²) in [5.41, 5.74) is 8.75. The van der Waals surface area contributed by atoms with Crippen molar-refractivity contribution in [2.24, 2.45) is 10.7 Å². The summed E-state index contributed by atoms with van der Waals surface area (Å²) in [6, 6.07) is 8.87. The molecule has 26 heavy (non-hydrogen) atoms. The Morgan fingerprint density at radius 2 is 1.54 bits per heavy atom. The fourth-order valence-corrected chi connectivity index (χ4v) is 4.24. The second-order valence-electron chi connectivity index (χ2n) is 6.80. The molecular weight excluding hydrogens is 457 g/mol. The van der Waals surface area contributed by atoms with Gasteiger partial charge in [0, 0.05) is 57.3 Å². The van der Waals surface area contributed by atoms with Crippen LogP contribution in [0.5, 0.6) is 0 Å². The molecule has 2 saturated heterocycles. The number of nitrogens with zero attached hydrogens (tertiary/aromatic N) is 4. The number of rotatable bonds is 5. The topological polar surface area (TPSA) is 48.1 Å². The zero-order valence-corrected chi connectivity index (χ0v) is 18.9. The minimum absolute atomic E-state index is 0. The Morgan fingerprint density at radius 3 is 2.15 bits per heavy atom. The molecule has 2 heterocycles. The molecule has 7 heteroatoms. The van der Waals surface area contributed by atoms with Gasteiger partial charge in [-0.15, -0.1) is 24.0 Å². The van der Waals surface area contributed by atoms with E-state index in [-0.39, 0.29) is 24.0 Å². The molecule has 146 valence electrons. The average molecular weight is 489 g/mol. The quantitative estimate of drug-likeness (QED) is 0.391. The molecule has 0 atom stereocenters. The van der Waals surface area contributed by atoms with E-state index in [1.165, 1.54) is 43.9 Å². The van der Waals surface area contributed by atoms with Crippen molar-refractivity contribution in [2.75, 3.05) is 57.3 Å². The lowest BCUT2D eigenvalue weighted by atomic mass is 10.1. The van der Waals surface area contributed by atoms with Gasteiger partial charge in [-0.05, 0) is 17.7 Å². The van der Waals surface area contributed by atoms with Gasteiger partial charge < -0.3 is 15.5 Å². The van der Waals surface area contributed by atoms with Crippen LogP contribution in [0.3, 0.4) is 0 Å². The number of hydrogen-bond donors (Lipinski definition) is 1. The average Bonchev–Trinajstić information content (AvgIpc) is 2.68. The Bertz CT molecular complexity index is 552. The van der Waals surface area contributed by atoms with Crippen LogP contribution in [0.4, 0.5) is 0 Å². The van der Waals surface area contributed by atoms with Crippen molar-refractivity contribution in [3.05, 3.63) is 35.4 Å². The van der Waals surface area contributed by atoms with Crippen molar-refractivity contribution in [2.45, 2.75) is 20.0 Å². The number of guanidine groups is 1. The molecule has 0 aromatic heterocycles. The molecule has 0 radical (unpaired) electrons. The van der Waals surface area contributed by atoms with Gasteiger partial charge in [0.25, 0.3) is 0 Å². The van der Waals surface area contributed by atoms with Crippen LogP contribution >= 0.6 is 35.7 Å². The number of hydrogen-bond acceptors (Lipinski definition) is 4. The Kier molecular flexibility index (Phi) is 9.52. The predicted octanol–water partition coefficient (Wildman–Crippen LogP) is 2.31. The van der Waals surface area contributed by atoms with E-state index in [0.29, 0.717) is 12.5 Å². The number of benzene rings is 1. The largest absolute Gasteiger partial charge is 0.370 e. The van der Waals surface area contributed by atoms with E-state index in [1.54, 1.807) is 0 Å². The molecule has 0 aliphatic carbocycles. The van der Waals surface area contributed by atoms with Crippen LogP contribution in [-0.4, -0.2) is 78.0 Å². The molecule has 2 aliphatic heterocycles. The van der Waals surface area contributed by atoms with Crippen molar-refractivity contribution < 1.29 is 0 Å². The maximum absolute atomic E-state index is 6.13. The van der Waals surface area contributed by atoms with E-state index < -0.39 is 0 Å². The Hall–Kier alpha value is -0.510. The molecule has 0 amide bonds. The van der Waals surface area contributed by atoms with Gasteiger partial charge in [-0.2, -0.15) is 11.8 Å². The van der Waals surface area contributed by atoms with Crippen LogP contribution in [0.2, 0.25) is 0 Å². The standard InChI is InChI=1S/C19H31N5S.HI/c1-2-22-7-9-23(10-8-22)16-18-5-3-17(4-6-18)15-21-19(20)24-11-13-25-14-12-24;/h3-6H,2,7-16H2,1H3,(H2,20,21);1H. The first-order valence-electron chi connectivity index (χ1n) is 9.39. The molecule has 0 spiro atoms. The summed E-state index contributed by atoms with van der Waals surface area (Å²) in [6.07, 6.45) is 0. The van der Waals surface area contributed by atoms with Gasteiger partial charge in [0.05, 0.1) is 6.54 Å². The molecule has 2 N–H and O–H groups in total. The molecule has 1 aromatic rings. The monoisotopic (exact) mass is 489 g/mol. The van der Waals surface area contributed by atoms with Gasteiger partial charge in [-0.3, -0.25) is 4.90 Å². The highest BCUT2D eigenvalue weighted by molar-refractivity contribution is 14.0. The summed E-state index contributed by atoms with van der Waals surface area (Å²) >= 11 is 1.99. The lowest BCUT2D eigenvalue weighted by molar-refractivity contribution is 0.132. The Morgan fingerprint density at radius 1 is 0.962 bits per heavy atom. The minimum atomic E-state index is 0. The molecule has 3 rings (SSSR count). The number of thioether (sulfide) groups is 1. The lowest BCUT2D eigenvalue weighted by Crippen LogP contribution is -2.45. The van der Waals surface area contributed by atoms with Crippen molar-refractivity contribution in [3.8, 4) is 0 Å². The van der Waals surface area contributed by atoms with Crippen molar-refractivity contribution in [1.29, 1.82) is 0 Å². The van der Waals surface area contributed by atoms with Crippen LogP contribution in [0.25, 0.3) is 0 Å². The van der Waals surface area contributed by atoms with E-state index in [9.17, 15) is 0 Å². The highest BCUT2D eigenvalue weighted by Crippen LogP contribution is 2.12. The SMILES string of the molecule is CCN1CCN(Cc2ccc(CN=C(N)N3CCSCC3)cc2)CC1.I. The van der Waals surface area contributed by atoms with Crippen LogP contribution in [0.1, 0.15) is 18.1 Å². The van der Waals surface area contributed by atoms with Gasteiger partial charge in [-0.25, -0.2) is 4.99 Å². The molecule has 5 nitrogen and oxygen atoms in total. The predicted molar refractivity (Wildman–Crippen MR) is 123 cm³/mol. The van der Waals surface area contributed by atoms with E-state index in [0.717, 1.165) is 31.1 Å². The molecule has 0 bridgehead atoms. The van der Waals surface area contributed by atoms with Crippen molar-refractivity contribution in [1.82, 2.24) is 14.7 Å². The van der Waals surface area contributed by atoms with Gasteiger partial charge in [-0.1, -0.05) is 31.2 Å². The lowest BCUT2D eigenvalue weighted by Gasteiger charge is -2.34. The van der Waals surface area contributed by atoms with Crippen LogP contribution in [-0.2, 0) is 13.1 Å². The number of nitrogens with two attached hydrogens (primary N) is 1. The second kappa shape index (κ2) is 11.4. The number of piperazine rings is 1. The van der Waals surface area contributed by atoms with Crippen LogP contribution in [0.15, 0.2) is 29.3 Å². The fourth-order valence-electron chi connectivity index (χ4n) is 3.34. The molecule has 1 aromatic carbocycles. The number of likely N-dealkylation sites (N-methyl/N-ethyl adjacent to an activating group) is 1. The summed E-state index contributed by atoms with van der Waals surface area (Å²) in [5, 5.41) is 0. The smallest absolute Gasteiger partial charge is 0.191 e. The Balaban J connectivity index is 0.00000243. The zero-order chi connectivity index (χ0) is 17.5. The summed E-state index contributed by atoms with van der Waals surface area (Å²) < 4.78 is 0. The third-order valence-corrected chi connectivity index (χ3v) is 6.04. The zero-order valence-electron chi connectivity index (χ0n) is 15.8. The third-order valence-electron chi connectivity index (χ3n) is 5.10. The third kappa shape index (κ3) is 6.58. The number of halogens is 1. The van der Waals surface area contributed by atoms with Crippen molar-refractivity contribution in [3.63, 3.8) is 0 Å².